The number of aliphatic imine (C=N–C) groups is 1. The van der Waals surface area contributed by atoms with E-state index >= 15 is 0 Å². The molecule has 0 aliphatic rings. The van der Waals surface area contributed by atoms with Gasteiger partial charge < -0.3 is 9.47 Å². The number of hydrogen-bond acceptors (Lipinski definition) is 8. The topological polar surface area (TPSA) is 123 Å². The second-order valence-electron chi connectivity index (χ2n) is 5.92. The highest BCUT2D eigenvalue weighted by molar-refractivity contribution is 8.17. The first-order valence-corrected chi connectivity index (χ1v) is 11.1. The number of carbonyl (C=O) groups is 2. The molecule has 2 aromatic rings. The van der Waals surface area contributed by atoms with Gasteiger partial charge in [-0.05, 0) is 43.0 Å². The van der Waals surface area contributed by atoms with E-state index in [9.17, 15) is 18.0 Å². The van der Waals surface area contributed by atoms with Gasteiger partial charge in [0, 0.05) is 6.08 Å². The first kappa shape index (κ1) is 24.1. The van der Waals surface area contributed by atoms with Crippen molar-refractivity contribution >= 4 is 44.6 Å². The Hall–Kier alpha value is -3.15. The van der Waals surface area contributed by atoms with Gasteiger partial charge >= 0.3 is 11.9 Å². The van der Waals surface area contributed by atoms with E-state index in [1.165, 1.54) is 12.1 Å². The highest BCUT2D eigenvalue weighted by Crippen LogP contribution is 2.22. The van der Waals surface area contributed by atoms with Crippen LogP contribution < -0.4 is 10.3 Å². The summed E-state index contributed by atoms with van der Waals surface area (Å²) < 4.78 is 34.4. The molecule has 9 nitrogen and oxygen atoms in total. The first-order valence-electron chi connectivity index (χ1n) is 8.79. The van der Waals surface area contributed by atoms with Gasteiger partial charge in [-0.15, -0.1) is 4.83 Å². The minimum Gasteiger partial charge on any atom is -0.466 e. The molecule has 2 aromatic carbocycles. The number of benzene rings is 2. The predicted octanol–water partition coefficient (Wildman–Crippen LogP) is 2.43. The Bertz CT molecular complexity index is 1080. The zero-order valence-corrected chi connectivity index (χ0v) is 18.6. The maximum Gasteiger partial charge on any atom is 0.345 e. The van der Waals surface area contributed by atoms with Crippen LogP contribution in [0.2, 0.25) is 0 Å². The van der Waals surface area contributed by atoms with Crippen LogP contribution in [0, 0.1) is 6.92 Å². The average molecular weight is 464 g/mol. The molecular weight excluding hydrogens is 442 g/mol. The van der Waals surface area contributed by atoms with Gasteiger partial charge in [-0.3, -0.25) is 5.43 Å². The Morgan fingerprint density at radius 1 is 1.00 bits per heavy atom. The van der Waals surface area contributed by atoms with Crippen LogP contribution in [0.25, 0.3) is 0 Å². The van der Waals surface area contributed by atoms with E-state index in [0.29, 0.717) is 17.4 Å². The number of nitrogens with one attached hydrogen (secondary N) is 2. The van der Waals surface area contributed by atoms with E-state index in [-0.39, 0.29) is 15.0 Å². The summed E-state index contributed by atoms with van der Waals surface area (Å²) in [6.45, 7) is 1.84. The molecule has 0 amide bonds. The molecule has 11 heteroatoms. The van der Waals surface area contributed by atoms with Crippen molar-refractivity contribution < 1.29 is 27.5 Å². The van der Waals surface area contributed by atoms with Crippen LogP contribution in [0.3, 0.4) is 0 Å². The first-order chi connectivity index (χ1) is 14.7. The third kappa shape index (κ3) is 7.55. The zero-order valence-electron chi connectivity index (χ0n) is 17.0. The normalized spacial score (nSPS) is 12.2. The number of hydrogen-bond donors (Lipinski definition) is 2. The minimum absolute atomic E-state index is 0.0255. The molecule has 0 aliphatic carbocycles. The molecule has 31 heavy (non-hydrogen) atoms. The lowest BCUT2D eigenvalue weighted by molar-refractivity contribution is -0.137. The maximum absolute atomic E-state index is 12.6. The summed E-state index contributed by atoms with van der Waals surface area (Å²) in [6, 6.07) is 14.9. The number of rotatable bonds is 7. The quantitative estimate of drug-likeness (QED) is 0.211. The monoisotopic (exact) mass is 463 g/mol. The van der Waals surface area contributed by atoms with E-state index in [4.69, 9.17) is 0 Å². The molecule has 0 bridgehead atoms. The molecule has 0 fully saturated rings. The maximum atomic E-state index is 12.6. The summed E-state index contributed by atoms with van der Waals surface area (Å²) in [5.74, 6) is -1.61. The summed E-state index contributed by atoms with van der Waals surface area (Å²) in [6.07, 6.45) is 0.924. The van der Waals surface area contributed by atoms with Crippen molar-refractivity contribution in [3.8, 4) is 0 Å². The van der Waals surface area contributed by atoms with Crippen molar-refractivity contribution in [1.82, 2.24) is 10.3 Å². The Labute approximate surface area is 184 Å². The van der Waals surface area contributed by atoms with Gasteiger partial charge in [-0.1, -0.05) is 35.9 Å². The summed E-state index contributed by atoms with van der Waals surface area (Å²) in [4.78, 5) is 30.1. The number of methoxy groups -OCH3 is 2. The number of nitrogens with zero attached hydrogens (tertiary/aromatic N) is 1. The predicted molar refractivity (Wildman–Crippen MR) is 118 cm³/mol. The summed E-state index contributed by atoms with van der Waals surface area (Å²) in [7, 11) is -1.63. The van der Waals surface area contributed by atoms with Gasteiger partial charge in [0.15, 0.2) is 5.17 Å². The number of sulfonamides is 1. The third-order valence-corrected chi connectivity index (χ3v) is 5.81. The Kier molecular flexibility index (Phi) is 8.79. The fourth-order valence-electron chi connectivity index (χ4n) is 2.08. The van der Waals surface area contributed by atoms with Gasteiger partial charge in [0.05, 0.1) is 24.8 Å². The van der Waals surface area contributed by atoms with Gasteiger partial charge in [-0.2, -0.15) is 0 Å². The van der Waals surface area contributed by atoms with E-state index in [1.807, 2.05) is 6.92 Å². The van der Waals surface area contributed by atoms with Crippen LogP contribution in [0.15, 0.2) is 75.5 Å². The number of thioether (sulfide) groups is 1. The molecular formula is C20H21N3O6S2. The fraction of sp³-hybridized carbons (Fsp3) is 0.150. The smallest absolute Gasteiger partial charge is 0.345 e. The van der Waals surface area contributed by atoms with Crippen molar-refractivity contribution in [1.29, 1.82) is 0 Å². The molecule has 2 rings (SSSR count). The summed E-state index contributed by atoms with van der Waals surface area (Å²) >= 11 is 0.697. The molecule has 0 atom stereocenters. The number of para-hydroxylation sites is 1. The number of hydrazine groups is 1. The van der Waals surface area contributed by atoms with Crippen LogP contribution in [-0.4, -0.2) is 39.7 Å². The number of carbonyl (C=O) groups excluding carboxylic acids is 2. The van der Waals surface area contributed by atoms with Gasteiger partial charge in [0.2, 0.25) is 0 Å². The molecule has 0 saturated carbocycles. The van der Waals surface area contributed by atoms with Crippen LogP contribution >= 0.6 is 11.8 Å². The van der Waals surface area contributed by atoms with Crippen molar-refractivity contribution in [2.24, 2.45) is 4.99 Å². The molecule has 2 N–H and O–H groups in total. The lowest BCUT2D eigenvalue weighted by Gasteiger charge is -2.13. The second kappa shape index (κ2) is 11.3. The van der Waals surface area contributed by atoms with Crippen molar-refractivity contribution in [2.45, 2.75) is 11.8 Å². The Morgan fingerprint density at radius 2 is 1.65 bits per heavy atom. The number of aryl methyl sites for hydroxylation is 1. The highest BCUT2D eigenvalue weighted by Gasteiger charge is 2.19. The zero-order chi connectivity index (χ0) is 22.9. The standard InChI is InChI=1S/C20H21N3O6S2/c1-14-9-11-16(12-10-14)31(26,27)23-22-20(21-15-7-5-4-6-8-15)30-17(19(25)29-3)13-18(24)28-2/h4-13,23H,1-3H3,(H,21,22)/b17-13+. The fourth-order valence-corrected chi connectivity index (χ4v) is 3.78. The molecule has 164 valence electrons. The molecule has 0 radical (unpaired) electrons. The Balaban J connectivity index is 2.33. The highest BCUT2D eigenvalue weighted by atomic mass is 32.2. The molecule has 0 spiro atoms. The molecule has 0 aliphatic heterocycles. The largest absolute Gasteiger partial charge is 0.466 e. The van der Waals surface area contributed by atoms with Crippen molar-refractivity contribution in [3.63, 3.8) is 0 Å². The SMILES string of the molecule is COC(=O)/C=C(/SC(=Nc1ccccc1)NNS(=O)(=O)c1ccc(C)cc1)C(=O)OC. The Morgan fingerprint density at radius 3 is 2.23 bits per heavy atom. The lowest BCUT2D eigenvalue weighted by Crippen LogP contribution is -2.40. The van der Waals surface area contributed by atoms with E-state index < -0.39 is 22.0 Å². The minimum atomic E-state index is -3.94. The van der Waals surface area contributed by atoms with Gasteiger partial charge in [-0.25, -0.2) is 23.0 Å². The lowest BCUT2D eigenvalue weighted by atomic mass is 10.2. The molecule has 0 saturated heterocycles. The molecule has 0 heterocycles. The average Bonchev–Trinajstić information content (AvgIpc) is 2.77. The number of esters is 2. The van der Waals surface area contributed by atoms with Gasteiger partial charge in [0.1, 0.15) is 4.91 Å². The van der Waals surface area contributed by atoms with E-state index in [0.717, 1.165) is 25.9 Å². The second-order valence-corrected chi connectivity index (χ2v) is 8.63. The van der Waals surface area contributed by atoms with Gasteiger partial charge in [0.25, 0.3) is 10.0 Å². The number of amidine groups is 1. The summed E-state index contributed by atoms with van der Waals surface area (Å²) in [5.41, 5.74) is 3.88. The van der Waals surface area contributed by atoms with Crippen LogP contribution in [0.5, 0.6) is 0 Å². The van der Waals surface area contributed by atoms with Crippen LogP contribution in [-0.2, 0) is 29.1 Å². The third-order valence-electron chi connectivity index (χ3n) is 3.65. The molecule has 0 aromatic heterocycles. The van der Waals surface area contributed by atoms with Crippen molar-refractivity contribution in [3.05, 3.63) is 71.1 Å². The summed E-state index contributed by atoms with van der Waals surface area (Å²) in [5, 5.41) is -0.0255. The van der Waals surface area contributed by atoms with Crippen LogP contribution in [0.1, 0.15) is 5.56 Å². The molecule has 0 unspecified atom stereocenters. The van der Waals surface area contributed by atoms with E-state index in [1.54, 1.807) is 42.5 Å². The van der Waals surface area contributed by atoms with E-state index in [2.05, 4.69) is 24.7 Å². The van der Waals surface area contributed by atoms with Crippen molar-refractivity contribution in [2.75, 3.05) is 14.2 Å². The van der Waals surface area contributed by atoms with Crippen LogP contribution in [0.4, 0.5) is 5.69 Å². The number of ether oxygens (including phenoxy) is 2.